The van der Waals surface area contributed by atoms with Gasteiger partial charge in [0.25, 0.3) is 0 Å². The van der Waals surface area contributed by atoms with Crippen molar-refractivity contribution in [3.05, 3.63) is 36.5 Å². The van der Waals surface area contributed by atoms with Gasteiger partial charge in [0, 0.05) is 7.11 Å². The highest BCUT2D eigenvalue weighted by molar-refractivity contribution is 5.36. The zero-order valence-electron chi connectivity index (χ0n) is 12.7. The topological polar surface area (TPSA) is 32.5 Å². The van der Waals surface area contributed by atoms with Crippen LogP contribution in [0.1, 0.15) is 20.8 Å². The van der Waals surface area contributed by atoms with Crippen molar-refractivity contribution in [2.45, 2.75) is 32.6 Å². The fraction of sp³-hybridized carbons (Fsp3) is 0.562. The molecule has 0 saturated heterocycles. The first-order valence-electron chi connectivity index (χ1n) is 6.42. The van der Waals surface area contributed by atoms with E-state index >= 15 is 0 Å². The molecule has 106 valence electrons. The first kappa shape index (κ1) is 15.9. The van der Waals surface area contributed by atoms with Gasteiger partial charge in [0.05, 0.1) is 0 Å². The maximum absolute atomic E-state index is 10.3. The van der Waals surface area contributed by atoms with Crippen LogP contribution in [0.25, 0.3) is 0 Å². The second-order valence-electron chi connectivity index (χ2n) is 6.32. The molecule has 3 atom stereocenters. The van der Waals surface area contributed by atoms with Gasteiger partial charge in [0.1, 0.15) is 19.7 Å². The summed E-state index contributed by atoms with van der Waals surface area (Å²) in [6, 6.07) is -0.155. The Kier molecular flexibility index (Phi) is 4.23. The molecule has 1 rings (SSSR count). The molecule has 0 bridgehead atoms. The van der Waals surface area contributed by atoms with Gasteiger partial charge in [-0.25, -0.2) is 4.58 Å². The maximum atomic E-state index is 10.3. The van der Waals surface area contributed by atoms with E-state index in [1.165, 1.54) is 7.11 Å². The molecule has 19 heavy (non-hydrogen) atoms. The second-order valence-corrected chi connectivity index (χ2v) is 6.32. The van der Waals surface area contributed by atoms with Crippen molar-refractivity contribution in [2.24, 2.45) is 11.3 Å². The molecule has 0 aromatic carbocycles. The Morgan fingerprint density at radius 3 is 2.16 bits per heavy atom. The van der Waals surface area contributed by atoms with Crippen LogP contribution in [0.5, 0.6) is 0 Å². The summed E-state index contributed by atoms with van der Waals surface area (Å²) in [6.07, 6.45) is 3.86. The minimum atomic E-state index is -1.18. The lowest BCUT2D eigenvalue weighted by atomic mass is 9.87. The van der Waals surface area contributed by atoms with Crippen LogP contribution in [0.15, 0.2) is 36.5 Å². The lowest BCUT2D eigenvalue weighted by Crippen LogP contribution is -2.22. The minimum absolute atomic E-state index is 0.0282. The van der Waals surface area contributed by atoms with Gasteiger partial charge in [-0.1, -0.05) is 46.1 Å². The highest BCUT2D eigenvalue weighted by Crippen LogP contribution is 2.50. The third-order valence-electron chi connectivity index (χ3n) is 3.74. The van der Waals surface area contributed by atoms with Gasteiger partial charge in [-0.15, -0.1) is 0 Å². The molecule has 1 saturated carbocycles. The van der Waals surface area contributed by atoms with Crippen LogP contribution < -0.4 is 0 Å². The van der Waals surface area contributed by atoms with Crippen LogP contribution in [-0.4, -0.2) is 42.4 Å². The third kappa shape index (κ3) is 3.04. The number of hydrogen-bond donors (Lipinski definition) is 1. The normalized spacial score (nSPS) is 30.4. The molecule has 0 heterocycles. The molecule has 3 nitrogen and oxygen atoms in total. The first-order valence-corrected chi connectivity index (χ1v) is 6.42. The highest BCUT2D eigenvalue weighted by Gasteiger charge is 2.73. The second kappa shape index (κ2) is 5.06. The molecule has 1 N–H and O–H groups in total. The summed E-state index contributed by atoms with van der Waals surface area (Å²) in [6.45, 7) is 18.2. The summed E-state index contributed by atoms with van der Waals surface area (Å²) in [4.78, 5) is 0. The molecular formula is C16H26NO2+. The lowest BCUT2D eigenvalue weighted by molar-refractivity contribution is -0.521. The van der Waals surface area contributed by atoms with Gasteiger partial charge in [-0.3, -0.25) is 0 Å². The first-order chi connectivity index (χ1) is 8.55. The van der Waals surface area contributed by atoms with Gasteiger partial charge >= 0.3 is 0 Å². The molecule has 0 aliphatic heterocycles. The number of hydrogen-bond acceptors (Lipinski definition) is 2. The van der Waals surface area contributed by atoms with Crippen LogP contribution in [0.3, 0.4) is 0 Å². The summed E-state index contributed by atoms with van der Waals surface area (Å²) in [7, 11) is 3.32. The van der Waals surface area contributed by atoms with Gasteiger partial charge in [0.15, 0.2) is 0 Å². The van der Waals surface area contributed by atoms with E-state index in [1.54, 1.807) is 4.58 Å². The summed E-state index contributed by atoms with van der Waals surface area (Å²) in [5.41, 5.74) is 1.88. The van der Waals surface area contributed by atoms with Crippen molar-refractivity contribution in [2.75, 3.05) is 14.2 Å². The number of rotatable bonds is 5. The SMILES string of the molecule is C=C(/C=C\C(=C)C(C)(C)C)C1C([N+](=C)C)C1(O)OC. The standard InChI is InChI=1S/C16H26NO2/c1-11(9-10-12(2)15(3,4)5)13-14(17(6)7)16(13,18)19-8/h9-10,13-14,18H,1-2,6H2,3-5,7-8H3/q+1/b10-9-. The van der Waals surface area contributed by atoms with E-state index < -0.39 is 5.79 Å². The molecule has 0 spiro atoms. The van der Waals surface area contributed by atoms with Gasteiger partial charge < -0.3 is 9.84 Å². The monoisotopic (exact) mass is 264 g/mol. The van der Waals surface area contributed by atoms with Crippen LogP contribution in [0.4, 0.5) is 0 Å². The molecule has 3 unspecified atom stereocenters. The Bertz CT molecular complexity index is 442. The lowest BCUT2D eigenvalue weighted by Gasteiger charge is -2.18. The molecule has 0 radical (unpaired) electrons. The largest absolute Gasteiger partial charge is 0.360 e. The highest BCUT2D eigenvalue weighted by atomic mass is 16.6. The number of likely N-dealkylation sites (N-methyl/N-ethyl adjacent to an activating group) is 1. The van der Waals surface area contributed by atoms with Crippen LogP contribution in [0, 0.1) is 11.3 Å². The Labute approximate surface area is 116 Å². The van der Waals surface area contributed by atoms with Crippen molar-refractivity contribution in [3.63, 3.8) is 0 Å². The quantitative estimate of drug-likeness (QED) is 0.358. The summed E-state index contributed by atoms with van der Waals surface area (Å²) < 4.78 is 6.90. The van der Waals surface area contributed by atoms with Gasteiger partial charge in [0.2, 0.25) is 11.8 Å². The van der Waals surface area contributed by atoms with Crippen molar-refractivity contribution < 1.29 is 14.4 Å². The van der Waals surface area contributed by atoms with E-state index in [-0.39, 0.29) is 17.4 Å². The molecular weight excluding hydrogens is 238 g/mol. The summed E-state index contributed by atoms with van der Waals surface area (Å²) >= 11 is 0. The molecule has 0 aromatic heterocycles. The zero-order chi connectivity index (χ0) is 15.0. The smallest absolute Gasteiger partial charge is 0.243 e. The van der Waals surface area contributed by atoms with Gasteiger partial charge in [-0.2, -0.15) is 0 Å². The van der Waals surface area contributed by atoms with E-state index in [1.807, 2.05) is 19.2 Å². The molecule has 1 aliphatic carbocycles. The van der Waals surface area contributed by atoms with Crippen LogP contribution in [0.2, 0.25) is 0 Å². The zero-order valence-corrected chi connectivity index (χ0v) is 12.7. The fourth-order valence-corrected chi connectivity index (χ4v) is 2.18. The van der Waals surface area contributed by atoms with Crippen LogP contribution >= 0.6 is 0 Å². The molecule has 1 fully saturated rings. The van der Waals surface area contributed by atoms with E-state index in [2.05, 4.69) is 40.6 Å². The van der Waals surface area contributed by atoms with Crippen molar-refractivity contribution >= 4 is 6.72 Å². The molecule has 0 aromatic rings. The average Bonchev–Trinajstić information content (AvgIpc) is 2.92. The number of methoxy groups -OCH3 is 1. The van der Waals surface area contributed by atoms with E-state index in [4.69, 9.17) is 4.74 Å². The molecule has 3 heteroatoms. The van der Waals surface area contributed by atoms with E-state index in [0.29, 0.717) is 0 Å². The van der Waals surface area contributed by atoms with E-state index in [9.17, 15) is 5.11 Å². The number of allylic oxidation sites excluding steroid dienone is 3. The Morgan fingerprint density at radius 1 is 1.32 bits per heavy atom. The third-order valence-corrected chi connectivity index (χ3v) is 3.74. The summed E-state index contributed by atoms with van der Waals surface area (Å²) in [5, 5.41) is 10.3. The van der Waals surface area contributed by atoms with Crippen LogP contribution in [-0.2, 0) is 4.74 Å². The Morgan fingerprint density at radius 2 is 1.84 bits per heavy atom. The minimum Gasteiger partial charge on any atom is -0.360 e. The van der Waals surface area contributed by atoms with Crippen molar-refractivity contribution in [1.29, 1.82) is 0 Å². The summed E-state index contributed by atoms with van der Waals surface area (Å²) in [5.74, 6) is -1.33. The predicted octanol–water partition coefficient (Wildman–Crippen LogP) is 2.38. The Balaban J connectivity index is 2.79. The Hall–Kier alpha value is -1.19. The van der Waals surface area contributed by atoms with Gasteiger partial charge in [-0.05, 0) is 16.6 Å². The molecule has 1 aliphatic rings. The number of aliphatic hydroxyl groups is 1. The van der Waals surface area contributed by atoms with Crippen molar-refractivity contribution in [1.82, 2.24) is 0 Å². The fourth-order valence-electron chi connectivity index (χ4n) is 2.18. The number of nitrogens with zero attached hydrogens (tertiary/aromatic N) is 1. The maximum Gasteiger partial charge on any atom is 0.243 e. The number of ether oxygens (including phenoxy) is 1. The molecule has 0 amide bonds. The van der Waals surface area contributed by atoms with E-state index in [0.717, 1.165) is 11.1 Å². The van der Waals surface area contributed by atoms with Crippen molar-refractivity contribution in [3.8, 4) is 0 Å². The average molecular weight is 264 g/mol. The predicted molar refractivity (Wildman–Crippen MR) is 79.4 cm³/mol.